The summed E-state index contributed by atoms with van der Waals surface area (Å²) in [4.78, 5) is 29.6. The molecule has 11 heteroatoms. The molecule has 0 amide bonds. The first-order chi connectivity index (χ1) is 18.5. The molecule has 1 atom stereocenters. The SMILES string of the molecule is CN(C)Cc1ccc(C(=O)OC(Cc2c(Cl)c[nH]c(=O)c2Cl)c2cccc(OC(F)(F)OCC3CC3)c2)cc1. The molecule has 1 aliphatic rings. The van der Waals surface area contributed by atoms with Crippen LogP contribution < -0.4 is 10.3 Å². The molecule has 0 saturated heterocycles. The fraction of sp³-hybridized carbons (Fsp3) is 0.357. The minimum atomic E-state index is -3.83. The summed E-state index contributed by atoms with van der Waals surface area (Å²) in [6, 6.07) is 12.6. The zero-order chi connectivity index (χ0) is 28.2. The molecule has 1 N–H and O–H groups in total. The lowest BCUT2D eigenvalue weighted by molar-refractivity contribution is -0.354. The third-order valence-electron chi connectivity index (χ3n) is 6.06. The van der Waals surface area contributed by atoms with Crippen LogP contribution in [0.3, 0.4) is 0 Å². The molecular formula is C28H28Cl2F2N2O5. The topological polar surface area (TPSA) is 80.9 Å². The van der Waals surface area contributed by atoms with Gasteiger partial charge in [-0.05, 0) is 68.2 Å². The Morgan fingerprint density at radius 1 is 1.15 bits per heavy atom. The summed E-state index contributed by atoms with van der Waals surface area (Å²) >= 11 is 12.5. The van der Waals surface area contributed by atoms with Gasteiger partial charge < -0.3 is 19.4 Å². The van der Waals surface area contributed by atoms with Crippen molar-refractivity contribution in [3.63, 3.8) is 0 Å². The largest absolute Gasteiger partial charge is 0.535 e. The number of hydrogen-bond donors (Lipinski definition) is 1. The van der Waals surface area contributed by atoms with Crippen molar-refractivity contribution in [3.05, 3.63) is 97.4 Å². The summed E-state index contributed by atoms with van der Waals surface area (Å²) in [6.07, 6.45) is -1.98. The van der Waals surface area contributed by atoms with Gasteiger partial charge in [0.2, 0.25) is 0 Å². The Kier molecular flexibility index (Phi) is 9.27. The lowest BCUT2D eigenvalue weighted by Crippen LogP contribution is -2.29. The zero-order valence-corrected chi connectivity index (χ0v) is 22.9. The van der Waals surface area contributed by atoms with Crippen molar-refractivity contribution in [1.82, 2.24) is 9.88 Å². The third kappa shape index (κ3) is 8.25. The van der Waals surface area contributed by atoms with E-state index >= 15 is 0 Å². The number of nitrogens with one attached hydrogen (secondary N) is 1. The van der Waals surface area contributed by atoms with Crippen LogP contribution in [0.1, 0.15) is 46.0 Å². The van der Waals surface area contributed by atoms with E-state index in [0.29, 0.717) is 12.1 Å². The number of H-pyrrole nitrogens is 1. The Morgan fingerprint density at radius 3 is 2.54 bits per heavy atom. The lowest BCUT2D eigenvalue weighted by Gasteiger charge is -2.22. The van der Waals surface area contributed by atoms with Crippen LogP contribution in [-0.4, -0.2) is 42.9 Å². The molecule has 1 unspecified atom stereocenters. The molecule has 1 aromatic heterocycles. The number of halogens is 4. The molecule has 208 valence electrons. The van der Waals surface area contributed by atoms with Gasteiger partial charge in [-0.3, -0.25) is 9.53 Å². The smallest absolute Gasteiger partial charge is 0.454 e. The quantitative estimate of drug-likeness (QED) is 0.202. The van der Waals surface area contributed by atoms with Crippen molar-refractivity contribution in [3.8, 4) is 5.75 Å². The van der Waals surface area contributed by atoms with Gasteiger partial charge in [0.1, 0.15) is 16.9 Å². The van der Waals surface area contributed by atoms with Gasteiger partial charge in [0.15, 0.2) is 0 Å². The summed E-state index contributed by atoms with van der Waals surface area (Å²) in [7, 11) is 3.87. The zero-order valence-electron chi connectivity index (χ0n) is 21.4. The molecule has 4 rings (SSSR count). The van der Waals surface area contributed by atoms with Crippen LogP contribution in [0.25, 0.3) is 0 Å². The van der Waals surface area contributed by atoms with Crippen LogP contribution in [0.2, 0.25) is 10.0 Å². The predicted octanol–water partition coefficient (Wildman–Crippen LogP) is 6.24. The Labute approximate surface area is 234 Å². The van der Waals surface area contributed by atoms with Gasteiger partial charge in [0.25, 0.3) is 5.56 Å². The number of pyridine rings is 1. The van der Waals surface area contributed by atoms with Crippen LogP contribution in [0.4, 0.5) is 8.78 Å². The summed E-state index contributed by atoms with van der Waals surface area (Å²) in [5.74, 6) is -0.724. The molecule has 1 heterocycles. The van der Waals surface area contributed by atoms with Crippen molar-refractivity contribution in [2.24, 2.45) is 5.92 Å². The molecule has 2 aromatic carbocycles. The highest BCUT2D eigenvalue weighted by Crippen LogP contribution is 2.34. The lowest BCUT2D eigenvalue weighted by atomic mass is 10.0. The molecule has 1 fully saturated rings. The van der Waals surface area contributed by atoms with Crippen LogP contribution in [0.15, 0.2) is 59.5 Å². The Balaban J connectivity index is 1.59. The van der Waals surface area contributed by atoms with Crippen LogP contribution >= 0.6 is 23.2 Å². The number of carbonyl (C=O) groups excluding carboxylic acids is 1. The molecule has 39 heavy (non-hydrogen) atoms. The van der Waals surface area contributed by atoms with E-state index in [1.807, 2.05) is 31.1 Å². The summed E-state index contributed by atoms with van der Waals surface area (Å²) in [6.45, 7) is 0.596. The number of hydrogen-bond acceptors (Lipinski definition) is 6. The van der Waals surface area contributed by atoms with E-state index in [4.69, 9.17) is 32.7 Å². The van der Waals surface area contributed by atoms with Gasteiger partial charge in [0.05, 0.1) is 17.2 Å². The standard InChI is InChI=1S/C28H28Cl2F2N2O5/c1-34(2)15-17-8-10-19(11-9-17)27(36)38-24(13-22-23(29)14-33-26(35)25(22)30)20-4-3-5-21(12-20)39-28(31,32)37-16-18-6-7-18/h3-5,8-12,14,18,24H,6-7,13,15-16H2,1-2H3,(H,33,35). The van der Waals surface area contributed by atoms with Gasteiger partial charge in [-0.1, -0.05) is 47.5 Å². The maximum absolute atomic E-state index is 14.3. The maximum Gasteiger partial charge on any atom is 0.535 e. The third-order valence-corrected chi connectivity index (χ3v) is 6.80. The summed E-state index contributed by atoms with van der Waals surface area (Å²) < 4.78 is 43.8. The molecule has 1 aliphatic carbocycles. The van der Waals surface area contributed by atoms with E-state index in [9.17, 15) is 18.4 Å². The van der Waals surface area contributed by atoms with Crippen molar-refractivity contribution < 1.29 is 27.8 Å². The second kappa shape index (κ2) is 12.5. The van der Waals surface area contributed by atoms with E-state index in [0.717, 1.165) is 18.4 Å². The van der Waals surface area contributed by atoms with Crippen molar-refractivity contribution >= 4 is 29.2 Å². The molecule has 0 spiro atoms. The average Bonchev–Trinajstić information content (AvgIpc) is 3.72. The van der Waals surface area contributed by atoms with Crippen LogP contribution in [0, 0.1) is 5.92 Å². The van der Waals surface area contributed by atoms with Crippen molar-refractivity contribution in [1.29, 1.82) is 0 Å². The van der Waals surface area contributed by atoms with Gasteiger partial charge >= 0.3 is 12.3 Å². The molecular weight excluding hydrogens is 553 g/mol. The second-order valence-corrected chi connectivity index (χ2v) is 10.5. The predicted molar refractivity (Wildman–Crippen MR) is 143 cm³/mol. The number of aromatic amines is 1. The molecule has 0 aliphatic heterocycles. The molecule has 0 radical (unpaired) electrons. The van der Waals surface area contributed by atoms with E-state index in [1.54, 1.807) is 18.2 Å². The highest BCUT2D eigenvalue weighted by Gasteiger charge is 2.37. The van der Waals surface area contributed by atoms with E-state index in [1.165, 1.54) is 24.4 Å². The number of esters is 1. The molecule has 1 saturated carbocycles. The molecule has 3 aromatic rings. The van der Waals surface area contributed by atoms with Crippen LogP contribution in [-0.2, 0) is 22.4 Å². The van der Waals surface area contributed by atoms with Gasteiger partial charge in [-0.15, -0.1) is 8.78 Å². The Hall–Kier alpha value is -2.98. The van der Waals surface area contributed by atoms with Gasteiger partial charge in [0, 0.05) is 24.7 Å². The molecule has 7 nitrogen and oxygen atoms in total. The first kappa shape index (κ1) is 29.0. The number of rotatable bonds is 12. The minimum Gasteiger partial charge on any atom is -0.454 e. The van der Waals surface area contributed by atoms with E-state index in [2.05, 4.69) is 9.72 Å². The molecule has 0 bridgehead atoms. The first-order valence-corrected chi connectivity index (χ1v) is 13.1. The number of ether oxygens (including phenoxy) is 3. The van der Waals surface area contributed by atoms with E-state index < -0.39 is 23.9 Å². The van der Waals surface area contributed by atoms with E-state index in [-0.39, 0.29) is 45.9 Å². The van der Waals surface area contributed by atoms with Crippen LogP contribution in [0.5, 0.6) is 5.75 Å². The number of aromatic nitrogens is 1. The van der Waals surface area contributed by atoms with Crippen molar-refractivity contribution in [2.45, 2.75) is 38.2 Å². The highest BCUT2D eigenvalue weighted by atomic mass is 35.5. The number of alkyl halides is 2. The monoisotopic (exact) mass is 580 g/mol. The fourth-order valence-corrected chi connectivity index (χ4v) is 4.38. The first-order valence-electron chi connectivity index (χ1n) is 12.3. The average molecular weight is 581 g/mol. The van der Waals surface area contributed by atoms with Gasteiger partial charge in [-0.2, -0.15) is 0 Å². The Morgan fingerprint density at radius 2 is 1.87 bits per heavy atom. The maximum atomic E-state index is 14.3. The van der Waals surface area contributed by atoms with Gasteiger partial charge in [-0.25, -0.2) is 4.79 Å². The van der Waals surface area contributed by atoms with Crippen molar-refractivity contribution in [2.75, 3.05) is 20.7 Å². The number of benzene rings is 2. The fourth-order valence-electron chi connectivity index (χ4n) is 3.87. The summed E-state index contributed by atoms with van der Waals surface area (Å²) in [5.41, 5.74) is 1.30. The summed E-state index contributed by atoms with van der Waals surface area (Å²) in [5, 5.41) is -0.00916. The number of nitrogens with zero attached hydrogens (tertiary/aromatic N) is 1. The second-order valence-electron chi connectivity index (χ2n) is 9.68. The number of carbonyl (C=O) groups is 1. The Bertz CT molecular complexity index is 1360. The minimum absolute atomic E-state index is 0.0932. The highest BCUT2D eigenvalue weighted by molar-refractivity contribution is 6.35. The normalized spacial score (nSPS) is 14.3.